The van der Waals surface area contributed by atoms with E-state index in [9.17, 15) is 13.2 Å². The number of benzene rings is 2. The molecular weight excluding hydrogens is 402 g/mol. The van der Waals surface area contributed by atoms with Crippen molar-refractivity contribution in [3.05, 3.63) is 47.5 Å². The van der Waals surface area contributed by atoms with Crippen LogP contribution in [-0.2, 0) is 14.8 Å². The van der Waals surface area contributed by atoms with Gasteiger partial charge in [-0.3, -0.25) is 4.79 Å². The summed E-state index contributed by atoms with van der Waals surface area (Å²) < 4.78 is 32.7. The number of carbonyl (C=O) groups excluding carboxylic acids is 1. The molecule has 0 radical (unpaired) electrons. The molecule has 2 rings (SSSR count). The summed E-state index contributed by atoms with van der Waals surface area (Å²) in [7, 11) is 0.0234. The van der Waals surface area contributed by atoms with E-state index in [4.69, 9.17) is 4.74 Å². The average Bonchev–Trinajstić information content (AvgIpc) is 2.66. The van der Waals surface area contributed by atoms with Gasteiger partial charge in [-0.25, -0.2) is 8.42 Å². The smallest absolute Gasteiger partial charge is 0.262 e. The molecule has 1 N–H and O–H groups in total. The zero-order valence-corrected chi connectivity index (χ0v) is 19.3. The van der Waals surface area contributed by atoms with E-state index in [0.29, 0.717) is 30.2 Å². The van der Waals surface area contributed by atoms with Gasteiger partial charge >= 0.3 is 0 Å². The molecule has 0 aliphatic carbocycles. The van der Waals surface area contributed by atoms with Crippen molar-refractivity contribution >= 4 is 27.3 Å². The molecule has 0 atom stereocenters. The zero-order valence-electron chi connectivity index (χ0n) is 18.5. The number of aryl methyl sites for hydroxylation is 2. The first-order valence-corrected chi connectivity index (χ1v) is 11.3. The predicted molar refractivity (Wildman–Crippen MR) is 121 cm³/mol. The Hall–Kier alpha value is -2.58. The number of hydrogen-bond donors (Lipinski definition) is 1. The molecule has 8 heteroatoms. The van der Waals surface area contributed by atoms with Gasteiger partial charge in [0.15, 0.2) is 6.61 Å². The fourth-order valence-electron chi connectivity index (χ4n) is 3.23. The maximum atomic E-state index is 12.9. The van der Waals surface area contributed by atoms with Crippen LogP contribution in [0.5, 0.6) is 5.75 Å². The van der Waals surface area contributed by atoms with Crippen LogP contribution in [0.15, 0.2) is 41.3 Å². The summed E-state index contributed by atoms with van der Waals surface area (Å²) in [5.41, 5.74) is 3.22. The van der Waals surface area contributed by atoms with E-state index < -0.39 is 10.0 Å². The molecule has 1 amide bonds. The molecule has 7 nitrogen and oxygen atoms in total. The van der Waals surface area contributed by atoms with Crippen LogP contribution >= 0.6 is 0 Å². The molecule has 0 aromatic heterocycles. The zero-order chi connectivity index (χ0) is 22.5. The second-order valence-corrected chi connectivity index (χ2v) is 9.26. The Kier molecular flexibility index (Phi) is 7.86. The Morgan fingerprint density at radius 3 is 2.13 bits per heavy atom. The van der Waals surface area contributed by atoms with Gasteiger partial charge in [-0.1, -0.05) is 19.9 Å². The third-order valence-electron chi connectivity index (χ3n) is 4.63. The quantitative estimate of drug-likeness (QED) is 0.656. The highest BCUT2D eigenvalue weighted by molar-refractivity contribution is 7.89. The number of hydrogen-bond acceptors (Lipinski definition) is 5. The van der Waals surface area contributed by atoms with E-state index in [1.807, 2.05) is 51.0 Å². The molecule has 30 heavy (non-hydrogen) atoms. The predicted octanol–water partition coefficient (Wildman–Crippen LogP) is 3.42. The third-order valence-corrected chi connectivity index (χ3v) is 6.68. The van der Waals surface area contributed by atoms with E-state index in [1.54, 1.807) is 26.0 Å². The number of nitrogens with one attached hydrogen (secondary N) is 1. The van der Waals surface area contributed by atoms with Crippen LogP contribution in [0.2, 0.25) is 0 Å². The number of rotatable bonds is 9. The number of sulfonamides is 1. The first-order chi connectivity index (χ1) is 14.1. The second kappa shape index (κ2) is 9.95. The van der Waals surface area contributed by atoms with Crippen molar-refractivity contribution < 1.29 is 17.9 Å². The van der Waals surface area contributed by atoms with E-state index in [2.05, 4.69) is 5.32 Å². The lowest BCUT2D eigenvalue weighted by Crippen LogP contribution is -2.31. The summed E-state index contributed by atoms with van der Waals surface area (Å²) in [5, 5.41) is 2.79. The maximum Gasteiger partial charge on any atom is 0.262 e. The molecule has 2 aromatic rings. The minimum Gasteiger partial charge on any atom is -0.484 e. The highest BCUT2D eigenvalue weighted by atomic mass is 32.2. The van der Waals surface area contributed by atoms with Gasteiger partial charge in [0, 0.05) is 27.2 Å². The Morgan fingerprint density at radius 1 is 1.00 bits per heavy atom. The van der Waals surface area contributed by atoms with Gasteiger partial charge in [-0.2, -0.15) is 4.31 Å². The number of carbonyl (C=O) groups is 1. The molecule has 0 heterocycles. The second-order valence-electron chi connectivity index (χ2n) is 7.32. The maximum absolute atomic E-state index is 12.9. The molecular formula is C22H31N3O4S. The van der Waals surface area contributed by atoms with E-state index >= 15 is 0 Å². The fourth-order valence-corrected chi connectivity index (χ4v) is 4.71. The van der Waals surface area contributed by atoms with Crippen molar-refractivity contribution in [1.82, 2.24) is 4.31 Å². The molecule has 0 saturated carbocycles. The molecule has 0 unspecified atom stereocenters. The lowest BCUT2D eigenvalue weighted by molar-refractivity contribution is -0.118. The summed E-state index contributed by atoms with van der Waals surface area (Å²) in [5.74, 6) is 0.253. The van der Waals surface area contributed by atoms with E-state index in [1.165, 1.54) is 10.4 Å². The largest absolute Gasteiger partial charge is 0.484 e. The topological polar surface area (TPSA) is 79.0 Å². The van der Waals surface area contributed by atoms with Gasteiger partial charge < -0.3 is 15.0 Å². The van der Waals surface area contributed by atoms with Crippen LogP contribution in [0.4, 0.5) is 11.4 Å². The van der Waals surface area contributed by atoms with Crippen LogP contribution in [0.25, 0.3) is 0 Å². The first kappa shape index (κ1) is 23.7. The first-order valence-electron chi connectivity index (χ1n) is 9.91. The number of amides is 1. The number of anilines is 2. The number of nitrogens with zero attached hydrogens (tertiary/aromatic N) is 2. The van der Waals surface area contributed by atoms with Crippen molar-refractivity contribution in [3.63, 3.8) is 0 Å². The fraction of sp³-hybridized carbons (Fsp3) is 0.409. The van der Waals surface area contributed by atoms with E-state index in [-0.39, 0.29) is 17.4 Å². The molecule has 0 spiro atoms. The summed E-state index contributed by atoms with van der Waals surface area (Å²) in [4.78, 5) is 14.5. The SMILES string of the molecule is CCN(CC)S(=O)(=O)c1ccc(N(C)C)c(NC(=O)COc2cc(C)cc(C)c2)c1. The molecule has 0 fully saturated rings. The van der Waals surface area contributed by atoms with Crippen molar-refractivity contribution in [1.29, 1.82) is 0 Å². The minimum atomic E-state index is -3.63. The van der Waals surface area contributed by atoms with Crippen molar-refractivity contribution in [2.75, 3.05) is 44.0 Å². The van der Waals surface area contributed by atoms with Crippen LogP contribution in [0, 0.1) is 13.8 Å². The van der Waals surface area contributed by atoms with E-state index in [0.717, 1.165) is 11.1 Å². The number of ether oxygens (including phenoxy) is 1. The minimum absolute atomic E-state index is 0.141. The molecule has 0 aliphatic rings. The van der Waals surface area contributed by atoms with Gasteiger partial charge in [-0.15, -0.1) is 0 Å². The molecule has 164 valence electrons. The van der Waals surface area contributed by atoms with Gasteiger partial charge in [0.05, 0.1) is 16.3 Å². The standard InChI is InChI=1S/C22H31N3O4S/c1-7-25(8-2)30(27,28)19-9-10-21(24(5)6)20(14-19)23-22(26)15-29-18-12-16(3)11-17(4)13-18/h9-14H,7-8,15H2,1-6H3,(H,23,26). The van der Waals surface area contributed by atoms with Crippen LogP contribution in [-0.4, -0.2) is 52.4 Å². The van der Waals surface area contributed by atoms with Crippen molar-refractivity contribution in [3.8, 4) is 5.75 Å². The summed E-state index contributed by atoms with van der Waals surface area (Å²) in [6.45, 7) is 8.09. The Morgan fingerprint density at radius 2 is 1.60 bits per heavy atom. The third kappa shape index (κ3) is 5.73. The van der Waals surface area contributed by atoms with Gasteiger partial charge in [0.2, 0.25) is 10.0 Å². The monoisotopic (exact) mass is 433 g/mol. The average molecular weight is 434 g/mol. The summed E-state index contributed by atoms with van der Waals surface area (Å²) in [6.07, 6.45) is 0. The van der Waals surface area contributed by atoms with Gasteiger partial charge in [0.1, 0.15) is 5.75 Å². The lowest BCUT2D eigenvalue weighted by Gasteiger charge is -2.22. The van der Waals surface area contributed by atoms with Gasteiger partial charge in [-0.05, 0) is 55.3 Å². The summed E-state index contributed by atoms with van der Waals surface area (Å²) in [6, 6.07) is 10.5. The highest BCUT2D eigenvalue weighted by Gasteiger charge is 2.23. The lowest BCUT2D eigenvalue weighted by atomic mass is 10.1. The van der Waals surface area contributed by atoms with Crippen molar-refractivity contribution in [2.24, 2.45) is 0 Å². The molecule has 0 saturated heterocycles. The molecule has 2 aromatic carbocycles. The Labute approximate surface area is 179 Å². The molecule has 0 bridgehead atoms. The van der Waals surface area contributed by atoms with Crippen LogP contribution < -0.4 is 15.0 Å². The van der Waals surface area contributed by atoms with Crippen LogP contribution in [0.1, 0.15) is 25.0 Å². The molecule has 0 aliphatic heterocycles. The van der Waals surface area contributed by atoms with Gasteiger partial charge in [0.25, 0.3) is 5.91 Å². The Balaban J connectivity index is 2.25. The van der Waals surface area contributed by atoms with Crippen LogP contribution in [0.3, 0.4) is 0 Å². The highest BCUT2D eigenvalue weighted by Crippen LogP contribution is 2.29. The summed E-state index contributed by atoms with van der Waals surface area (Å²) >= 11 is 0. The Bertz CT molecular complexity index is 979. The normalized spacial score (nSPS) is 11.4. The van der Waals surface area contributed by atoms with Crippen molar-refractivity contribution in [2.45, 2.75) is 32.6 Å².